The van der Waals surface area contributed by atoms with Crippen LogP contribution in [0.1, 0.15) is 11.6 Å². The minimum absolute atomic E-state index is 0.105. The molecule has 0 saturated carbocycles. The van der Waals surface area contributed by atoms with Gasteiger partial charge in [0.2, 0.25) is 10.0 Å². The standard InChI is InChI=1S/C14H13ClFNO3S/c15-11-6-7-14(12(16)8-11)21(19,20)17-13(9-18)10-4-2-1-3-5-10/h1-8,13,17-18H,9H2. The van der Waals surface area contributed by atoms with Crippen molar-refractivity contribution in [1.82, 2.24) is 4.72 Å². The predicted octanol–water partition coefficient (Wildman–Crippen LogP) is 2.49. The lowest BCUT2D eigenvalue weighted by Gasteiger charge is -2.17. The van der Waals surface area contributed by atoms with Crippen LogP contribution in [-0.4, -0.2) is 20.1 Å². The van der Waals surface area contributed by atoms with Gasteiger partial charge in [0.05, 0.1) is 12.6 Å². The Morgan fingerprint density at radius 3 is 2.43 bits per heavy atom. The Labute approximate surface area is 127 Å². The monoisotopic (exact) mass is 329 g/mol. The van der Waals surface area contributed by atoms with Crippen LogP contribution in [0.5, 0.6) is 0 Å². The van der Waals surface area contributed by atoms with Gasteiger partial charge >= 0.3 is 0 Å². The average Bonchev–Trinajstić information content (AvgIpc) is 2.45. The van der Waals surface area contributed by atoms with E-state index in [4.69, 9.17) is 11.6 Å². The van der Waals surface area contributed by atoms with Crippen LogP contribution >= 0.6 is 11.6 Å². The van der Waals surface area contributed by atoms with E-state index in [9.17, 15) is 17.9 Å². The summed E-state index contributed by atoms with van der Waals surface area (Å²) in [6.07, 6.45) is 0. The fraction of sp³-hybridized carbons (Fsp3) is 0.143. The van der Waals surface area contributed by atoms with Gasteiger partial charge in [0.1, 0.15) is 10.7 Å². The zero-order chi connectivity index (χ0) is 15.5. The maximum Gasteiger partial charge on any atom is 0.244 e. The number of hydrogen-bond donors (Lipinski definition) is 2. The van der Waals surface area contributed by atoms with Crippen molar-refractivity contribution in [3.63, 3.8) is 0 Å². The SMILES string of the molecule is O=S(=O)(NC(CO)c1ccccc1)c1ccc(Cl)cc1F. The molecule has 0 bridgehead atoms. The predicted molar refractivity (Wildman–Crippen MR) is 78.0 cm³/mol. The van der Waals surface area contributed by atoms with Crippen LogP contribution in [0.2, 0.25) is 5.02 Å². The summed E-state index contributed by atoms with van der Waals surface area (Å²) >= 11 is 5.60. The Bertz CT molecular complexity index is 722. The quantitative estimate of drug-likeness (QED) is 0.885. The summed E-state index contributed by atoms with van der Waals surface area (Å²) in [6, 6.07) is 11.0. The Morgan fingerprint density at radius 1 is 1.19 bits per heavy atom. The second-order valence-corrected chi connectivity index (χ2v) is 6.46. The first-order chi connectivity index (χ1) is 9.94. The summed E-state index contributed by atoms with van der Waals surface area (Å²) in [5.41, 5.74) is 0.581. The molecule has 0 amide bonds. The zero-order valence-electron chi connectivity index (χ0n) is 10.8. The molecule has 0 aromatic heterocycles. The summed E-state index contributed by atoms with van der Waals surface area (Å²) in [5.74, 6) is -0.945. The van der Waals surface area contributed by atoms with Crippen molar-refractivity contribution >= 4 is 21.6 Å². The third-order valence-corrected chi connectivity index (χ3v) is 4.61. The van der Waals surface area contributed by atoms with Gasteiger partial charge in [-0.3, -0.25) is 0 Å². The molecule has 0 spiro atoms. The molecule has 4 nitrogen and oxygen atoms in total. The molecule has 7 heteroatoms. The molecule has 0 radical (unpaired) electrons. The van der Waals surface area contributed by atoms with E-state index in [1.54, 1.807) is 30.3 Å². The number of aliphatic hydroxyl groups is 1. The van der Waals surface area contributed by atoms with Crippen molar-refractivity contribution in [2.75, 3.05) is 6.61 Å². The van der Waals surface area contributed by atoms with E-state index >= 15 is 0 Å². The largest absolute Gasteiger partial charge is 0.394 e. The number of benzene rings is 2. The van der Waals surface area contributed by atoms with Gasteiger partial charge in [-0.25, -0.2) is 17.5 Å². The molecule has 0 fully saturated rings. The van der Waals surface area contributed by atoms with E-state index in [1.807, 2.05) is 0 Å². The van der Waals surface area contributed by atoms with Gasteiger partial charge < -0.3 is 5.11 Å². The molecule has 21 heavy (non-hydrogen) atoms. The summed E-state index contributed by atoms with van der Waals surface area (Å²) in [4.78, 5) is -0.513. The fourth-order valence-corrected chi connectivity index (χ4v) is 3.27. The summed E-state index contributed by atoms with van der Waals surface area (Å²) in [7, 11) is -4.11. The first kappa shape index (κ1) is 15.9. The van der Waals surface area contributed by atoms with Crippen LogP contribution in [0.3, 0.4) is 0 Å². The van der Waals surface area contributed by atoms with E-state index in [2.05, 4.69) is 4.72 Å². The van der Waals surface area contributed by atoms with Crippen LogP contribution in [-0.2, 0) is 10.0 Å². The van der Waals surface area contributed by atoms with Gasteiger partial charge in [0.25, 0.3) is 0 Å². The van der Waals surface area contributed by atoms with Crippen LogP contribution in [0.25, 0.3) is 0 Å². The number of sulfonamides is 1. The highest BCUT2D eigenvalue weighted by Gasteiger charge is 2.23. The van der Waals surface area contributed by atoms with Crippen molar-refractivity contribution in [2.45, 2.75) is 10.9 Å². The van der Waals surface area contributed by atoms with Crippen molar-refractivity contribution in [2.24, 2.45) is 0 Å². The molecule has 0 aliphatic heterocycles. The number of nitrogens with one attached hydrogen (secondary N) is 1. The molecule has 2 N–H and O–H groups in total. The van der Waals surface area contributed by atoms with Gasteiger partial charge in [0.15, 0.2) is 0 Å². The lowest BCUT2D eigenvalue weighted by atomic mass is 10.1. The summed E-state index contributed by atoms with van der Waals surface area (Å²) in [6.45, 7) is -0.446. The van der Waals surface area contributed by atoms with Crippen molar-refractivity contribution < 1.29 is 17.9 Å². The van der Waals surface area contributed by atoms with E-state index in [1.165, 1.54) is 6.07 Å². The lowest BCUT2D eigenvalue weighted by Crippen LogP contribution is -2.31. The van der Waals surface area contributed by atoms with Gasteiger partial charge in [-0.2, -0.15) is 0 Å². The second kappa shape index (κ2) is 6.53. The second-order valence-electron chi connectivity index (χ2n) is 4.34. The maximum absolute atomic E-state index is 13.7. The normalized spacial score (nSPS) is 13.1. The Hall–Kier alpha value is -1.47. The highest BCUT2D eigenvalue weighted by molar-refractivity contribution is 7.89. The van der Waals surface area contributed by atoms with E-state index in [0.717, 1.165) is 12.1 Å². The summed E-state index contributed by atoms with van der Waals surface area (Å²) in [5, 5.41) is 9.47. The molecule has 0 aliphatic carbocycles. The minimum Gasteiger partial charge on any atom is -0.394 e. The van der Waals surface area contributed by atoms with Crippen LogP contribution in [0.15, 0.2) is 53.4 Å². The van der Waals surface area contributed by atoms with E-state index in [0.29, 0.717) is 5.56 Å². The molecule has 112 valence electrons. The third-order valence-electron chi connectivity index (χ3n) is 2.87. The number of rotatable bonds is 5. The fourth-order valence-electron chi connectivity index (χ4n) is 1.84. The Morgan fingerprint density at radius 2 is 1.86 bits per heavy atom. The van der Waals surface area contributed by atoms with Gasteiger partial charge in [-0.05, 0) is 23.8 Å². The zero-order valence-corrected chi connectivity index (χ0v) is 12.4. The van der Waals surface area contributed by atoms with Crippen molar-refractivity contribution in [3.8, 4) is 0 Å². The molecule has 2 aromatic rings. The molecule has 1 unspecified atom stereocenters. The smallest absolute Gasteiger partial charge is 0.244 e. The first-order valence-corrected chi connectivity index (χ1v) is 7.93. The topological polar surface area (TPSA) is 66.4 Å². The molecular formula is C14H13ClFNO3S. The molecular weight excluding hydrogens is 317 g/mol. The van der Waals surface area contributed by atoms with Crippen molar-refractivity contribution in [1.29, 1.82) is 0 Å². The molecule has 1 atom stereocenters. The van der Waals surface area contributed by atoms with E-state index in [-0.39, 0.29) is 5.02 Å². The third kappa shape index (κ3) is 3.79. The molecule has 2 aromatic carbocycles. The van der Waals surface area contributed by atoms with Crippen molar-refractivity contribution in [3.05, 3.63) is 64.9 Å². The number of hydrogen-bond acceptors (Lipinski definition) is 3. The molecule has 0 aliphatic rings. The number of halogens is 2. The Kier molecular flexibility index (Phi) is 4.95. The van der Waals surface area contributed by atoms with Gasteiger partial charge in [0, 0.05) is 5.02 Å². The van der Waals surface area contributed by atoms with E-state index < -0.39 is 33.4 Å². The maximum atomic E-state index is 13.7. The minimum atomic E-state index is -4.11. The average molecular weight is 330 g/mol. The Balaban J connectivity index is 2.32. The van der Waals surface area contributed by atoms with Crippen LogP contribution in [0.4, 0.5) is 4.39 Å². The molecule has 0 heterocycles. The van der Waals surface area contributed by atoms with Gasteiger partial charge in [-0.15, -0.1) is 0 Å². The first-order valence-electron chi connectivity index (χ1n) is 6.07. The van der Waals surface area contributed by atoms with Gasteiger partial charge in [-0.1, -0.05) is 41.9 Å². The molecule has 2 rings (SSSR count). The highest BCUT2D eigenvalue weighted by atomic mass is 35.5. The number of aliphatic hydroxyl groups excluding tert-OH is 1. The van der Waals surface area contributed by atoms with Crippen LogP contribution in [0, 0.1) is 5.82 Å². The molecule has 0 saturated heterocycles. The lowest BCUT2D eigenvalue weighted by molar-refractivity contribution is 0.258. The highest BCUT2D eigenvalue weighted by Crippen LogP contribution is 2.21. The van der Waals surface area contributed by atoms with Crippen LogP contribution < -0.4 is 4.72 Å². The summed E-state index contributed by atoms with van der Waals surface area (Å²) < 4.78 is 40.4.